The minimum Gasteiger partial charge on any atom is -0.339 e. The highest BCUT2D eigenvalue weighted by atomic mass is 19.4. The fourth-order valence-corrected chi connectivity index (χ4v) is 4.12. The van der Waals surface area contributed by atoms with Gasteiger partial charge >= 0.3 is 12.2 Å². The molecule has 162 valence electrons. The number of piperazine rings is 1. The Morgan fingerprint density at radius 2 is 1.83 bits per heavy atom. The van der Waals surface area contributed by atoms with E-state index in [0.29, 0.717) is 43.4 Å². The van der Waals surface area contributed by atoms with Gasteiger partial charge in [0, 0.05) is 37.8 Å². The van der Waals surface area contributed by atoms with Crippen molar-refractivity contribution in [3.63, 3.8) is 0 Å². The molecule has 0 atom stereocenters. The molecule has 1 aliphatic carbocycles. The monoisotopic (exact) mass is 421 g/mol. The number of anilines is 1. The number of rotatable bonds is 3. The quantitative estimate of drug-likeness (QED) is 0.778. The molecule has 2 amide bonds. The maximum absolute atomic E-state index is 13.0. The number of benzene rings is 1. The van der Waals surface area contributed by atoms with E-state index < -0.39 is 11.7 Å². The predicted molar refractivity (Wildman–Crippen MR) is 108 cm³/mol. The number of aromatic nitrogens is 2. The van der Waals surface area contributed by atoms with Gasteiger partial charge in [0.15, 0.2) is 0 Å². The van der Waals surface area contributed by atoms with Crippen molar-refractivity contribution >= 4 is 12.0 Å². The summed E-state index contributed by atoms with van der Waals surface area (Å²) in [5.41, 5.74) is 0.288. The van der Waals surface area contributed by atoms with Crippen LogP contribution in [0.25, 0.3) is 11.3 Å². The summed E-state index contributed by atoms with van der Waals surface area (Å²) in [6, 6.07) is 5.46. The van der Waals surface area contributed by atoms with Crippen molar-refractivity contribution in [2.45, 2.75) is 44.3 Å². The van der Waals surface area contributed by atoms with Gasteiger partial charge in [-0.05, 0) is 25.0 Å². The fraction of sp³-hybridized carbons (Fsp3) is 0.524. The molecule has 1 saturated carbocycles. The van der Waals surface area contributed by atoms with Crippen molar-refractivity contribution in [1.82, 2.24) is 20.2 Å². The Hall–Kier alpha value is -2.71. The lowest BCUT2D eigenvalue weighted by Crippen LogP contribution is -2.54. The van der Waals surface area contributed by atoms with Gasteiger partial charge in [-0.3, -0.25) is 0 Å². The van der Waals surface area contributed by atoms with Crippen LogP contribution in [0.2, 0.25) is 0 Å². The summed E-state index contributed by atoms with van der Waals surface area (Å²) >= 11 is 0. The van der Waals surface area contributed by atoms with Gasteiger partial charge in [-0.2, -0.15) is 13.2 Å². The first-order valence-corrected chi connectivity index (χ1v) is 10.4. The van der Waals surface area contributed by atoms with Crippen molar-refractivity contribution < 1.29 is 18.0 Å². The smallest absolute Gasteiger partial charge is 0.339 e. The van der Waals surface area contributed by atoms with E-state index in [4.69, 9.17) is 0 Å². The summed E-state index contributed by atoms with van der Waals surface area (Å²) in [7, 11) is 0. The predicted octanol–water partition coefficient (Wildman–Crippen LogP) is 4.26. The average Bonchev–Trinajstić information content (AvgIpc) is 3.24. The third-order valence-electron chi connectivity index (χ3n) is 5.86. The summed E-state index contributed by atoms with van der Waals surface area (Å²) in [6.07, 6.45) is 2.86. The SMILES string of the molecule is O=C(NC1CCCCC1)N1CCN(c2ncc(-c3cccc(C(F)(F)F)c3)[nH]2)CC1. The van der Waals surface area contributed by atoms with E-state index in [1.807, 2.05) is 9.80 Å². The van der Waals surface area contributed by atoms with Gasteiger partial charge in [0.1, 0.15) is 0 Å². The normalized spacial score (nSPS) is 18.5. The zero-order valence-electron chi connectivity index (χ0n) is 16.7. The van der Waals surface area contributed by atoms with Gasteiger partial charge in [-0.1, -0.05) is 31.4 Å². The van der Waals surface area contributed by atoms with Crippen LogP contribution in [0, 0.1) is 0 Å². The number of carbonyl (C=O) groups excluding carboxylic acids is 1. The first kappa shape index (κ1) is 20.6. The highest BCUT2D eigenvalue weighted by Gasteiger charge is 2.30. The molecule has 6 nitrogen and oxygen atoms in total. The number of aromatic amines is 1. The molecular formula is C21H26F3N5O. The third kappa shape index (κ3) is 4.71. The molecule has 2 N–H and O–H groups in total. The Kier molecular flexibility index (Phi) is 5.87. The number of nitrogens with zero attached hydrogens (tertiary/aromatic N) is 3. The second-order valence-corrected chi connectivity index (χ2v) is 7.96. The van der Waals surface area contributed by atoms with Crippen LogP contribution in [0.3, 0.4) is 0 Å². The van der Waals surface area contributed by atoms with E-state index in [9.17, 15) is 18.0 Å². The molecule has 9 heteroatoms. The van der Waals surface area contributed by atoms with Crippen molar-refractivity contribution in [2.75, 3.05) is 31.1 Å². The largest absolute Gasteiger partial charge is 0.416 e. The van der Waals surface area contributed by atoms with Crippen LogP contribution >= 0.6 is 0 Å². The van der Waals surface area contributed by atoms with E-state index in [0.717, 1.165) is 25.0 Å². The molecular weight excluding hydrogens is 395 g/mol. The maximum atomic E-state index is 13.0. The number of carbonyl (C=O) groups is 1. The second kappa shape index (κ2) is 8.57. The van der Waals surface area contributed by atoms with Crippen LogP contribution < -0.4 is 10.2 Å². The molecule has 0 unspecified atom stereocenters. The second-order valence-electron chi connectivity index (χ2n) is 7.96. The van der Waals surface area contributed by atoms with Crippen LogP contribution in [0.5, 0.6) is 0 Å². The number of alkyl halides is 3. The third-order valence-corrected chi connectivity index (χ3v) is 5.86. The van der Waals surface area contributed by atoms with Crippen LogP contribution in [0.1, 0.15) is 37.7 Å². The van der Waals surface area contributed by atoms with Crippen molar-refractivity contribution in [3.8, 4) is 11.3 Å². The molecule has 2 heterocycles. The summed E-state index contributed by atoms with van der Waals surface area (Å²) in [5.74, 6) is 0.606. The highest BCUT2D eigenvalue weighted by Crippen LogP contribution is 2.32. The molecule has 2 fully saturated rings. The first-order chi connectivity index (χ1) is 14.4. The molecule has 0 spiro atoms. The van der Waals surface area contributed by atoms with Crippen LogP contribution in [-0.2, 0) is 6.18 Å². The minimum atomic E-state index is -4.38. The van der Waals surface area contributed by atoms with E-state index in [1.165, 1.54) is 25.3 Å². The zero-order valence-corrected chi connectivity index (χ0v) is 16.7. The van der Waals surface area contributed by atoms with Crippen LogP contribution in [0.4, 0.5) is 23.9 Å². The van der Waals surface area contributed by atoms with Gasteiger partial charge in [-0.25, -0.2) is 9.78 Å². The summed E-state index contributed by atoms with van der Waals surface area (Å²) in [4.78, 5) is 23.8. The summed E-state index contributed by atoms with van der Waals surface area (Å²) in [6.45, 7) is 2.40. The standard InChI is InChI=1S/C21H26F3N5O/c22-21(23,24)16-6-4-5-15(13-16)18-14-25-19(27-18)28-9-11-29(12-10-28)20(30)26-17-7-2-1-3-8-17/h4-6,13-14,17H,1-3,7-12H2,(H,25,27)(H,26,30). The lowest BCUT2D eigenvalue weighted by atomic mass is 9.96. The zero-order chi connectivity index (χ0) is 21.1. The number of hydrogen-bond donors (Lipinski definition) is 2. The molecule has 30 heavy (non-hydrogen) atoms. The van der Waals surface area contributed by atoms with E-state index in [1.54, 1.807) is 12.3 Å². The van der Waals surface area contributed by atoms with E-state index in [-0.39, 0.29) is 12.1 Å². The molecule has 2 aromatic rings. The number of hydrogen-bond acceptors (Lipinski definition) is 3. The molecule has 1 saturated heterocycles. The van der Waals surface area contributed by atoms with E-state index in [2.05, 4.69) is 15.3 Å². The molecule has 1 aromatic carbocycles. The minimum absolute atomic E-state index is 0.00866. The number of nitrogens with one attached hydrogen (secondary N) is 2. The van der Waals surface area contributed by atoms with E-state index >= 15 is 0 Å². The number of halogens is 3. The fourth-order valence-electron chi connectivity index (χ4n) is 4.12. The van der Waals surface area contributed by atoms with Crippen LogP contribution in [-0.4, -0.2) is 53.1 Å². The maximum Gasteiger partial charge on any atom is 0.416 e. The Morgan fingerprint density at radius 1 is 1.10 bits per heavy atom. The van der Waals surface area contributed by atoms with Crippen molar-refractivity contribution in [2.24, 2.45) is 0 Å². The molecule has 0 radical (unpaired) electrons. The van der Waals surface area contributed by atoms with Gasteiger partial charge in [0.25, 0.3) is 0 Å². The molecule has 0 bridgehead atoms. The van der Waals surface area contributed by atoms with Crippen molar-refractivity contribution in [3.05, 3.63) is 36.0 Å². The van der Waals surface area contributed by atoms with Gasteiger partial charge in [0.2, 0.25) is 5.95 Å². The molecule has 1 aromatic heterocycles. The van der Waals surface area contributed by atoms with Gasteiger partial charge in [0.05, 0.1) is 17.5 Å². The Balaban J connectivity index is 1.35. The lowest BCUT2D eigenvalue weighted by Gasteiger charge is -2.35. The number of H-pyrrole nitrogens is 1. The topological polar surface area (TPSA) is 64.3 Å². The Labute approximate surface area is 173 Å². The summed E-state index contributed by atoms with van der Waals surface area (Å²) in [5, 5.41) is 3.14. The lowest BCUT2D eigenvalue weighted by molar-refractivity contribution is -0.137. The number of imidazole rings is 1. The highest BCUT2D eigenvalue weighted by molar-refractivity contribution is 5.75. The molecule has 2 aliphatic rings. The summed E-state index contributed by atoms with van der Waals surface area (Å²) < 4.78 is 38.9. The van der Waals surface area contributed by atoms with Crippen molar-refractivity contribution in [1.29, 1.82) is 0 Å². The number of urea groups is 1. The first-order valence-electron chi connectivity index (χ1n) is 10.4. The number of amides is 2. The molecule has 1 aliphatic heterocycles. The average molecular weight is 421 g/mol. The Morgan fingerprint density at radius 3 is 2.53 bits per heavy atom. The van der Waals surface area contributed by atoms with Gasteiger partial charge in [-0.15, -0.1) is 0 Å². The molecule has 4 rings (SSSR count). The van der Waals surface area contributed by atoms with Gasteiger partial charge < -0.3 is 20.1 Å². The Bertz CT molecular complexity index is 868. The van der Waals surface area contributed by atoms with Crippen LogP contribution in [0.15, 0.2) is 30.5 Å².